The highest BCUT2D eigenvalue weighted by molar-refractivity contribution is 6.04. The average molecular weight is 431 g/mol. The van der Waals surface area contributed by atoms with Crippen molar-refractivity contribution in [2.45, 2.75) is 13.2 Å². The molecule has 4 aromatic rings. The van der Waals surface area contributed by atoms with Crippen molar-refractivity contribution in [2.75, 3.05) is 5.32 Å². The molecule has 0 saturated carbocycles. The molecule has 162 valence electrons. The van der Waals surface area contributed by atoms with Gasteiger partial charge >= 0.3 is 0 Å². The number of nitrogens with zero attached hydrogens (tertiary/aromatic N) is 2. The maximum absolute atomic E-state index is 13.0. The zero-order valence-corrected chi connectivity index (χ0v) is 17.5. The third kappa shape index (κ3) is 5.51. The van der Waals surface area contributed by atoms with Gasteiger partial charge in [0.15, 0.2) is 0 Å². The molecule has 0 saturated heterocycles. The minimum absolute atomic E-state index is 0.251. The summed E-state index contributed by atoms with van der Waals surface area (Å²) in [6, 6.07) is 20.1. The molecule has 0 bridgehead atoms. The number of halogens is 1. The van der Waals surface area contributed by atoms with Crippen molar-refractivity contribution in [2.24, 2.45) is 7.05 Å². The zero-order chi connectivity index (χ0) is 22.3. The van der Waals surface area contributed by atoms with Gasteiger partial charge in [0.25, 0.3) is 5.91 Å². The van der Waals surface area contributed by atoms with Crippen LogP contribution in [0.1, 0.15) is 21.7 Å². The predicted octanol–water partition coefficient (Wildman–Crippen LogP) is 4.97. The van der Waals surface area contributed by atoms with Crippen molar-refractivity contribution in [1.82, 2.24) is 9.55 Å². The maximum atomic E-state index is 13.0. The normalized spacial score (nSPS) is 10.6. The molecule has 6 nitrogen and oxygen atoms in total. The molecule has 1 N–H and O–H groups in total. The van der Waals surface area contributed by atoms with E-state index in [1.807, 2.05) is 17.8 Å². The highest BCUT2D eigenvalue weighted by atomic mass is 19.1. The van der Waals surface area contributed by atoms with Gasteiger partial charge in [-0.1, -0.05) is 18.2 Å². The number of benzene rings is 3. The first-order chi connectivity index (χ1) is 15.6. The summed E-state index contributed by atoms with van der Waals surface area (Å²) in [5, 5.41) is 2.86. The third-order valence-corrected chi connectivity index (χ3v) is 4.82. The summed E-state index contributed by atoms with van der Waals surface area (Å²) in [5.41, 5.74) is 1.96. The van der Waals surface area contributed by atoms with Crippen LogP contribution in [0.15, 0.2) is 85.2 Å². The smallest absolute Gasteiger partial charge is 0.255 e. The van der Waals surface area contributed by atoms with Gasteiger partial charge in [0.1, 0.15) is 36.4 Å². The molecule has 0 fully saturated rings. The fraction of sp³-hybridized carbons (Fsp3) is 0.120. The number of aromatic nitrogens is 2. The fourth-order valence-corrected chi connectivity index (χ4v) is 3.00. The van der Waals surface area contributed by atoms with Gasteiger partial charge in [0.2, 0.25) is 0 Å². The van der Waals surface area contributed by atoms with Gasteiger partial charge in [0.05, 0.1) is 0 Å². The van der Waals surface area contributed by atoms with Crippen molar-refractivity contribution in [3.63, 3.8) is 0 Å². The van der Waals surface area contributed by atoms with Crippen LogP contribution in [0.25, 0.3) is 0 Å². The van der Waals surface area contributed by atoms with E-state index >= 15 is 0 Å². The summed E-state index contributed by atoms with van der Waals surface area (Å²) in [6.07, 6.45) is 3.58. The highest BCUT2D eigenvalue weighted by Gasteiger charge is 2.08. The van der Waals surface area contributed by atoms with E-state index in [9.17, 15) is 9.18 Å². The average Bonchev–Trinajstić information content (AvgIpc) is 3.23. The number of amides is 1. The van der Waals surface area contributed by atoms with E-state index in [2.05, 4.69) is 10.3 Å². The SMILES string of the molecule is Cn1ccnc1COc1ccc(NC(=O)c2cccc(OCc3ccc(F)cc3)c2)cc1. The predicted molar refractivity (Wildman–Crippen MR) is 119 cm³/mol. The van der Waals surface area contributed by atoms with Crippen molar-refractivity contribution in [1.29, 1.82) is 0 Å². The number of hydrogen-bond acceptors (Lipinski definition) is 4. The number of imidazole rings is 1. The Labute approximate surface area is 185 Å². The van der Waals surface area contributed by atoms with Crippen molar-refractivity contribution < 1.29 is 18.7 Å². The summed E-state index contributed by atoms with van der Waals surface area (Å²) in [7, 11) is 1.91. The number of ether oxygens (including phenoxy) is 2. The lowest BCUT2D eigenvalue weighted by molar-refractivity contribution is 0.102. The lowest BCUT2D eigenvalue weighted by Gasteiger charge is -2.10. The summed E-state index contributed by atoms with van der Waals surface area (Å²) in [6.45, 7) is 0.644. The van der Waals surface area contributed by atoms with Crippen LogP contribution in [0.4, 0.5) is 10.1 Å². The maximum Gasteiger partial charge on any atom is 0.255 e. The van der Waals surface area contributed by atoms with Crippen LogP contribution in [0.5, 0.6) is 11.5 Å². The Kier molecular flexibility index (Phi) is 6.46. The van der Waals surface area contributed by atoms with Crippen LogP contribution in [-0.4, -0.2) is 15.5 Å². The molecule has 4 rings (SSSR count). The molecule has 0 aliphatic heterocycles. The molecule has 1 aromatic heterocycles. The molecule has 3 aromatic carbocycles. The second-order valence-electron chi connectivity index (χ2n) is 7.16. The molecule has 0 aliphatic rings. The first-order valence-corrected chi connectivity index (χ1v) is 10.0. The van der Waals surface area contributed by atoms with Crippen LogP contribution in [0, 0.1) is 5.82 Å². The van der Waals surface area contributed by atoms with Crippen molar-refractivity contribution in [3.8, 4) is 11.5 Å². The van der Waals surface area contributed by atoms with Crippen LogP contribution in [-0.2, 0) is 20.3 Å². The molecule has 0 spiro atoms. The number of carbonyl (C=O) groups is 1. The molecule has 7 heteroatoms. The third-order valence-electron chi connectivity index (χ3n) is 4.82. The topological polar surface area (TPSA) is 65.4 Å². The summed E-state index contributed by atoms with van der Waals surface area (Å²) >= 11 is 0. The van der Waals surface area contributed by atoms with Gasteiger partial charge in [-0.05, 0) is 60.2 Å². The largest absolute Gasteiger partial charge is 0.489 e. The zero-order valence-electron chi connectivity index (χ0n) is 17.5. The minimum Gasteiger partial charge on any atom is -0.489 e. The Bertz CT molecular complexity index is 1190. The standard InChI is InChI=1S/C25H22FN3O3/c1-29-14-13-27-24(29)17-32-22-11-9-21(10-12-22)28-25(30)19-3-2-4-23(15-19)31-16-18-5-7-20(26)8-6-18/h2-15H,16-17H2,1H3,(H,28,30). The van der Waals surface area contributed by atoms with Crippen LogP contribution in [0.2, 0.25) is 0 Å². The van der Waals surface area contributed by atoms with Gasteiger partial charge < -0.3 is 19.4 Å². The van der Waals surface area contributed by atoms with Gasteiger partial charge in [-0.2, -0.15) is 0 Å². The van der Waals surface area contributed by atoms with Crippen LogP contribution >= 0.6 is 0 Å². The summed E-state index contributed by atoms with van der Waals surface area (Å²) in [4.78, 5) is 16.8. The van der Waals surface area contributed by atoms with E-state index in [0.29, 0.717) is 29.4 Å². The van der Waals surface area contributed by atoms with Crippen molar-refractivity contribution >= 4 is 11.6 Å². The Morgan fingerprint density at radius 3 is 2.44 bits per heavy atom. The Hall–Kier alpha value is -4.13. The van der Waals surface area contributed by atoms with Gasteiger partial charge in [-0.25, -0.2) is 9.37 Å². The number of nitrogens with one attached hydrogen (secondary N) is 1. The summed E-state index contributed by atoms with van der Waals surface area (Å²) in [5.74, 6) is 1.52. The molecule has 0 aliphatic carbocycles. The van der Waals surface area contributed by atoms with Crippen molar-refractivity contribution in [3.05, 3.63) is 108 Å². The number of aryl methyl sites for hydroxylation is 1. The van der Waals surface area contributed by atoms with E-state index in [0.717, 1.165) is 11.4 Å². The van der Waals surface area contributed by atoms with Crippen LogP contribution < -0.4 is 14.8 Å². The van der Waals surface area contributed by atoms with Gasteiger partial charge in [-0.3, -0.25) is 4.79 Å². The molecule has 0 unspecified atom stereocenters. The second kappa shape index (κ2) is 9.78. The molecular formula is C25H22FN3O3. The lowest BCUT2D eigenvalue weighted by Crippen LogP contribution is -2.12. The molecule has 0 radical (unpaired) electrons. The molecule has 0 atom stereocenters. The first-order valence-electron chi connectivity index (χ1n) is 10.0. The minimum atomic E-state index is -0.292. The molecular weight excluding hydrogens is 409 g/mol. The van der Waals surface area contributed by atoms with E-state index in [-0.39, 0.29) is 18.3 Å². The number of carbonyl (C=O) groups excluding carboxylic acids is 1. The van der Waals surface area contributed by atoms with E-state index in [1.54, 1.807) is 66.9 Å². The Morgan fingerprint density at radius 2 is 1.72 bits per heavy atom. The van der Waals surface area contributed by atoms with Gasteiger partial charge in [-0.15, -0.1) is 0 Å². The number of anilines is 1. The second-order valence-corrected chi connectivity index (χ2v) is 7.16. The fourth-order valence-electron chi connectivity index (χ4n) is 3.00. The van der Waals surface area contributed by atoms with Gasteiger partial charge in [0, 0.05) is 30.7 Å². The highest BCUT2D eigenvalue weighted by Crippen LogP contribution is 2.20. The van der Waals surface area contributed by atoms with Crippen LogP contribution in [0.3, 0.4) is 0 Å². The molecule has 32 heavy (non-hydrogen) atoms. The Balaban J connectivity index is 1.32. The van der Waals surface area contributed by atoms with E-state index in [4.69, 9.17) is 9.47 Å². The quantitative estimate of drug-likeness (QED) is 0.428. The van der Waals surface area contributed by atoms with E-state index < -0.39 is 0 Å². The number of rotatable bonds is 8. The lowest BCUT2D eigenvalue weighted by atomic mass is 10.2. The molecule has 1 heterocycles. The first kappa shape index (κ1) is 21.1. The van der Waals surface area contributed by atoms with E-state index in [1.165, 1.54) is 12.1 Å². The molecule has 1 amide bonds. The monoisotopic (exact) mass is 431 g/mol. The summed E-state index contributed by atoms with van der Waals surface area (Å²) < 4.78 is 26.4. The Morgan fingerprint density at radius 1 is 0.969 bits per heavy atom. The number of hydrogen-bond donors (Lipinski definition) is 1.